The molecule has 2 aliphatic rings. The molecule has 2 unspecified atom stereocenters. The number of benzene rings is 1. The molecule has 2 aliphatic carbocycles. The van der Waals surface area contributed by atoms with Crippen molar-refractivity contribution in [2.24, 2.45) is 11.7 Å². The zero-order chi connectivity index (χ0) is 10.4. The van der Waals surface area contributed by atoms with E-state index in [1.54, 1.807) is 0 Å². The highest BCUT2D eigenvalue weighted by Crippen LogP contribution is 2.41. The number of allylic oxidation sites excluding steroid dienone is 3. The van der Waals surface area contributed by atoms with E-state index in [-0.39, 0.29) is 17.6 Å². The van der Waals surface area contributed by atoms with Crippen LogP contribution in [0.4, 0.5) is 0 Å². The molecule has 0 fully saturated rings. The molecular weight excluding hydrogens is 186 g/mol. The van der Waals surface area contributed by atoms with Crippen LogP contribution in [-0.2, 0) is 0 Å². The van der Waals surface area contributed by atoms with E-state index in [2.05, 4.69) is 0 Å². The molecule has 0 spiro atoms. The Kier molecular flexibility index (Phi) is 1.60. The van der Waals surface area contributed by atoms with Crippen LogP contribution in [0.25, 0.3) is 0 Å². The second-order valence-electron chi connectivity index (χ2n) is 4.03. The molecule has 2 N–H and O–H groups in total. The van der Waals surface area contributed by atoms with Gasteiger partial charge in [0.15, 0.2) is 5.78 Å². The van der Waals surface area contributed by atoms with Gasteiger partial charge in [-0.3, -0.25) is 4.79 Å². The third-order valence-corrected chi connectivity index (χ3v) is 3.14. The highest BCUT2D eigenvalue weighted by Gasteiger charge is 2.37. The highest BCUT2D eigenvalue weighted by molar-refractivity contribution is 6.04. The predicted molar refractivity (Wildman–Crippen MR) is 58.4 cm³/mol. The molecule has 3 rings (SSSR count). The van der Waals surface area contributed by atoms with E-state index >= 15 is 0 Å². The summed E-state index contributed by atoms with van der Waals surface area (Å²) in [4.78, 5) is 12.0. The second-order valence-corrected chi connectivity index (χ2v) is 4.03. The van der Waals surface area contributed by atoms with Gasteiger partial charge in [0.2, 0.25) is 0 Å². The first-order chi connectivity index (χ1) is 7.27. The minimum atomic E-state index is -0.0765. The van der Waals surface area contributed by atoms with Gasteiger partial charge in [0.25, 0.3) is 0 Å². The molecule has 1 aromatic rings. The van der Waals surface area contributed by atoms with Gasteiger partial charge < -0.3 is 5.73 Å². The molecule has 0 saturated heterocycles. The summed E-state index contributed by atoms with van der Waals surface area (Å²) in [5, 5.41) is 0. The van der Waals surface area contributed by atoms with Crippen LogP contribution in [0, 0.1) is 5.92 Å². The Hall–Kier alpha value is -1.83. The number of nitrogens with two attached hydrogens (primary N) is 1. The zero-order valence-corrected chi connectivity index (χ0v) is 8.18. The van der Waals surface area contributed by atoms with Crippen molar-refractivity contribution in [1.29, 1.82) is 0 Å². The third kappa shape index (κ3) is 1.08. The normalized spacial score (nSPS) is 27.2. The molecule has 2 atom stereocenters. The first-order valence-electron chi connectivity index (χ1n) is 5.06. The largest absolute Gasteiger partial charge is 0.399 e. The SMILES string of the molecule is NC1=CC2C(=O)c3ccccc3C2C=C1. The Labute approximate surface area is 88.1 Å². The highest BCUT2D eigenvalue weighted by atomic mass is 16.1. The van der Waals surface area contributed by atoms with E-state index in [0.29, 0.717) is 5.70 Å². The van der Waals surface area contributed by atoms with Crippen molar-refractivity contribution in [3.63, 3.8) is 0 Å². The molecule has 0 bridgehead atoms. The van der Waals surface area contributed by atoms with Crippen LogP contribution in [0.3, 0.4) is 0 Å². The number of carbonyl (C=O) groups is 1. The first-order valence-corrected chi connectivity index (χ1v) is 5.06. The number of fused-ring (bicyclic) bond motifs is 3. The molecule has 1 aromatic carbocycles. The number of rotatable bonds is 0. The second kappa shape index (κ2) is 2.83. The van der Waals surface area contributed by atoms with Crippen LogP contribution in [0.5, 0.6) is 0 Å². The Bertz CT molecular complexity index is 499. The number of carbonyl (C=O) groups excluding carboxylic acids is 1. The molecule has 0 aromatic heterocycles. The van der Waals surface area contributed by atoms with Crippen LogP contribution < -0.4 is 5.73 Å². The van der Waals surface area contributed by atoms with Crippen LogP contribution in [0.1, 0.15) is 21.8 Å². The summed E-state index contributed by atoms with van der Waals surface area (Å²) in [5.74, 6) is 0.316. The summed E-state index contributed by atoms with van der Waals surface area (Å²) in [5.41, 5.74) is 8.38. The van der Waals surface area contributed by atoms with Gasteiger partial charge in [0.1, 0.15) is 0 Å². The van der Waals surface area contributed by atoms with Crippen molar-refractivity contribution in [2.75, 3.05) is 0 Å². The number of hydrogen-bond acceptors (Lipinski definition) is 2. The molecule has 0 amide bonds. The van der Waals surface area contributed by atoms with Gasteiger partial charge in [0.05, 0.1) is 5.92 Å². The number of ketones is 1. The van der Waals surface area contributed by atoms with E-state index in [1.165, 1.54) is 0 Å². The van der Waals surface area contributed by atoms with Gasteiger partial charge in [-0.05, 0) is 17.7 Å². The molecule has 0 heterocycles. The summed E-state index contributed by atoms with van der Waals surface area (Å²) in [6.45, 7) is 0. The number of hydrogen-bond donors (Lipinski definition) is 1. The predicted octanol–water partition coefficient (Wildman–Crippen LogP) is 2.00. The van der Waals surface area contributed by atoms with Crippen LogP contribution in [0.2, 0.25) is 0 Å². The van der Waals surface area contributed by atoms with Crippen molar-refractivity contribution < 1.29 is 4.79 Å². The lowest BCUT2D eigenvalue weighted by Gasteiger charge is -2.16. The van der Waals surface area contributed by atoms with E-state index in [1.807, 2.05) is 42.5 Å². The van der Waals surface area contributed by atoms with E-state index < -0.39 is 0 Å². The van der Waals surface area contributed by atoms with Gasteiger partial charge >= 0.3 is 0 Å². The first kappa shape index (κ1) is 8.48. The minimum absolute atomic E-state index is 0.0765. The van der Waals surface area contributed by atoms with Crippen molar-refractivity contribution in [2.45, 2.75) is 5.92 Å². The molecule has 15 heavy (non-hydrogen) atoms. The summed E-state index contributed by atoms with van der Waals surface area (Å²) >= 11 is 0. The molecule has 0 aliphatic heterocycles. The topological polar surface area (TPSA) is 43.1 Å². The lowest BCUT2D eigenvalue weighted by atomic mass is 9.88. The summed E-state index contributed by atoms with van der Waals surface area (Å²) < 4.78 is 0. The standard InChI is InChI=1S/C13H11NO/c14-8-5-6-10-9-3-1-2-4-11(9)13(15)12(10)7-8/h1-7,10,12H,14H2. The Morgan fingerprint density at radius 2 is 1.93 bits per heavy atom. The summed E-state index contributed by atoms with van der Waals surface area (Å²) in [7, 11) is 0. The summed E-state index contributed by atoms with van der Waals surface area (Å²) in [6, 6.07) is 7.81. The molecule has 0 saturated carbocycles. The Morgan fingerprint density at radius 1 is 1.13 bits per heavy atom. The molecule has 2 heteroatoms. The Morgan fingerprint density at radius 3 is 2.80 bits per heavy atom. The van der Waals surface area contributed by atoms with Crippen molar-refractivity contribution in [1.82, 2.24) is 0 Å². The smallest absolute Gasteiger partial charge is 0.171 e. The molecule has 0 radical (unpaired) electrons. The van der Waals surface area contributed by atoms with Gasteiger partial charge in [-0.15, -0.1) is 0 Å². The average molecular weight is 197 g/mol. The van der Waals surface area contributed by atoms with Crippen LogP contribution >= 0.6 is 0 Å². The van der Waals surface area contributed by atoms with Crippen LogP contribution in [-0.4, -0.2) is 5.78 Å². The maximum atomic E-state index is 12.0. The van der Waals surface area contributed by atoms with E-state index in [0.717, 1.165) is 11.1 Å². The van der Waals surface area contributed by atoms with Crippen molar-refractivity contribution in [3.05, 3.63) is 59.3 Å². The molecule has 74 valence electrons. The van der Waals surface area contributed by atoms with Crippen molar-refractivity contribution in [3.8, 4) is 0 Å². The number of Topliss-reactive ketones (excluding diaryl/α,β-unsaturated/α-hetero) is 1. The van der Waals surface area contributed by atoms with Gasteiger partial charge in [0, 0.05) is 17.2 Å². The molecular formula is C13H11NO. The minimum Gasteiger partial charge on any atom is -0.399 e. The lowest BCUT2D eigenvalue weighted by molar-refractivity contribution is 0.0954. The monoisotopic (exact) mass is 197 g/mol. The van der Waals surface area contributed by atoms with Gasteiger partial charge in [-0.25, -0.2) is 0 Å². The zero-order valence-electron chi connectivity index (χ0n) is 8.18. The summed E-state index contributed by atoms with van der Waals surface area (Å²) in [6.07, 6.45) is 5.78. The van der Waals surface area contributed by atoms with Gasteiger partial charge in [-0.1, -0.05) is 30.3 Å². The maximum absolute atomic E-state index is 12.0. The third-order valence-electron chi connectivity index (χ3n) is 3.14. The van der Waals surface area contributed by atoms with E-state index in [4.69, 9.17) is 5.73 Å². The lowest BCUT2D eigenvalue weighted by Crippen LogP contribution is -2.15. The Balaban J connectivity index is 2.18. The fraction of sp³-hybridized carbons (Fsp3) is 0.154. The quantitative estimate of drug-likeness (QED) is 0.691. The fourth-order valence-corrected chi connectivity index (χ4v) is 2.43. The molecule has 2 nitrogen and oxygen atoms in total. The fourth-order valence-electron chi connectivity index (χ4n) is 2.43. The average Bonchev–Trinajstić information content (AvgIpc) is 2.54. The van der Waals surface area contributed by atoms with Gasteiger partial charge in [-0.2, -0.15) is 0 Å². The van der Waals surface area contributed by atoms with Crippen LogP contribution in [0.15, 0.2) is 48.2 Å². The van der Waals surface area contributed by atoms with E-state index in [9.17, 15) is 4.79 Å². The maximum Gasteiger partial charge on any atom is 0.171 e. The van der Waals surface area contributed by atoms with Crippen molar-refractivity contribution >= 4 is 5.78 Å².